The second-order valence-electron chi connectivity index (χ2n) is 10.1. The number of primary amides is 1. The second-order valence-corrected chi connectivity index (χ2v) is 10.1. The van der Waals surface area contributed by atoms with Gasteiger partial charge in [0, 0.05) is 6.42 Å². The minimum Gasteiger partial charge on any atom is -0.460 e. The third kappa shape index (κ3) is 13.3. The van der Waals surface area contributed by atoms with Crippen molar-refractivity contribution in [1.82, 2.24) is 10.6 Å². The predicted molar refractivity (Wildman–Crippen MR) is 130 cm³/mol. The molecule has 0 aliphatic heterocycles. The van der Waals surface area contributed by atoms with E-state index in [2.05, 4.69) is 10.6 Å². The van der Waals surface area contributed by atoms with E-state index in [0.717, 1.165) is 5.56 Å². The van der Waals surface area contributed by atoms with Crippen LogP contribution in [-0.2, 0) is 40.0 Å². The lowest BCUT2D eigenvalue weighted by atomic mass is 10.1. The minimum absolute atomic E-state index is 0.0463. The van der Waals surface area contributed by atoms with E-state index in [-0.39, 0.29) is 19.4 Å². The molecule has 0 unspecified atom stereocenters. The molecule has 200 valence electrons. The fourth-order valence-electron chi connectivity index (χ4n) is 2.87. The maximum absolute atomic E-state index is 13.0. The van der Waals surface area contributed by atoms with Crippen LogP contribution in [0.25, 0.3) is 0 Å². The molecule has 11 nitrogen and oxygen atoms in total. The quantitative estimate of drug-likeness (QED) is 0.303. The fourth-order valence-corrected chi connectivity index (χ4v) is 2.87. The van der Waals surface area contributed by atoms with E-state index in [1.807, 2.05) is 6.07 Å². The standard InChI is InChI=1S/C25H37N3O8/c1-24(2,3)35-20(30)13-12-17(28-23(33)34-15-16-10-8-7-9-11-16)21(31)27-18(14-19(26)29)22(32)36-25(4,5)6/h7-11,17-18H,12-15H2,1-6H3,(H2,26,29)(H,27,31)(H,28,33)/t17-,18-/m0/s1. The summed E-state index contributed by atoms with van der Waals surface area (Å²) in [7, 11) is 0. The van der Waals surface area contributed by atoms with Crippen LogP contribution in [0.15, 0.2) is 30.3 Å². The molecule has 1 aromatic rings. The van der Waals surface area contributed by atoms with E-state index in [1.165, 1.54) is 0 Å². The number of carbonyl (C=O) groups excluding carboxylic acids is 5. The summed E-state index contributed by atoms with van der Waals surface area (Å²) in [4.78, 5) is 61.6. The van der Waals surface area contributed by atoms with Crippen LogP contribution in [0.1, 0.15) is 66.4 Å². The predicted octanol–water partition coefficient (Wildman–Crippen LogP) is 2.11. The Morgan fingerprint density at radius 2 is 1.44 bits per heavy atom. The van der Waals surface area contributed by atoms with Crippen LogP contribution in [0, 0.1) is 0 Å². The Bertz CT molecular complexity index is 919. The average molecular weight is 508 g/mol. The van der Waals surface area contributed by atoms with Crippen molar-refractivity contribution in [2.45, 2.75) is 90.7 Å². The summed E-state index contributed by atoms with van der Waals surface area (Å²) < 4.78 is 15.7. The molecule has 0 spiro atoms. The van der Waals surface area contributed by atoms with E-state index in [4.69, 9.17) is 19.9 Å². The monoisotopic (exact) mass is 507 g/mol. The van der Waals surface area contributed by atoms with Gasteiger partial charge in [0.25, 0.3) is 0 Å². The summed E-state index contributed by atoms with van der Waals surface area (Å²) in [5.74, 6) is -3.12. The van der Waals surface area contributed by atoms with Gasteiger partial charge in [0.05, 0.1) is 6.42 Å². The number of alkyl carbamates (subject to hydrolysis) is 1. The van der Waals surface area contributed by atoms with Crippen LogP contribution >= 0.6 is 0 Å². The molecule has 0 radical (unpaired) electrons. The van der Waals surface area contributed by atoms with Crippen molar-refractivity contribution in [3.8, 4) is 0 Å². The molecular weight excluding hydrogens is 470 g/mol. The van der Waals surface area contributed by atoms with Gasteiger partial charge in [-0.15, -0.1) is 0 Å². The maximum Gasteiger partial charge on any atom is 0.408 e. The number of ether oxygens (including phenoxy) is 3. The number of amides is 3. The van der Waals surface area contributed by atoms with E-state index < -0.39 is 59.6 Å². The first-order valence-corrected chi connectivity index (χ1v) is 11.6. The normalized spacial score (nSPS) is 13.1. The molecule has 0 aromatic heterocycles. The molecule has 0 aliphatic rings. The molecule has 0 bridgehead atoms. The Morgan fingerprint density at radius 3 is 1.97 bits per heavy atom. The van der Waals surface area contributed by atoms with Crippen molar-refractivity contribution in [3.63, 3.8) is 0 Å². The summed E-state index contributed by atoms with van der Waals surface area (Å²) in [5.41, 5.74) is 4.34. The molecule has 0 saturated carbocycles. The van der Waals surface area contributed by atoms with E-state index >= 15 is 0 Å². The largest absolute Gasteiger partial charge is 0.460 e. The number of hydrogen-bond donors (Lipinski definition) is 3. The molecule has 1 aromatic carbocycles. The topological polar surface area (TPSA) is 163 Å². The summed E-state index contributed by atoms with van der Waals surface area (Å²) in [5, 5.41) is 4.79. The number of nitrogens with one attached hydrogen (secondary N) is 2. The number of rotatable bonds is 11. The van der Waals surface area contributed by atoms with Gasteiger partial charge in [-0.05, 0) is 53.5 Å². The lowest BCUT2D eigenvalue weighted by molar-refractivity contribution is -0.160. The van der Waals surface area contributed by atoms with Gasteiger partial charge in [0.1, 0.15) is 29.9 Å². The molecule has 3 amide bonds. The molecule has 0 saturated heterocycles. The number of nitrogens with two attached hydrogens (primary N) is 1. The Labute approximate surface area is 211 Å². The Balaban J connectivity index is 2.95. The Morgan fingerprint density at radius 1 is 0.861 bits per heavy atom. The van der Waals surface area contributed by atoms with Crippen molar-refractivity contribution in [3.05, 3.63) is 35.9 Å². The molecule has 1 rings (SSSR count). The summed E-state index contributed by atoms with van der Waals surface area (Å²) in [6, 6.07) is 6.23. The maximum atomic E-state index is 13.0. The summed E-state index contributed by atoms with van der Waals surface area (Å²) in [6.45, 7) is 9.93. The van der Waals surface area contributed by atoms with Gasteiger partial charge in [-0.2, -0.15) is 0 Å². The van der Waals surface area contributed by atoms with Gasteiger partial charge in [0.15, 0.2) is 0 Å². The third-order valence-corrected chi connectivity index (χ3v) is 4.29. The summed E-state index contributed by atoms with van der Waals surface area (Å²) in [6.07, 6.45) is -1.79. The van der Waals surface area contributed by atoms with E-state index in [1.54, 1.807) is 65.8 Å². The van der Waals surface area contributed by atoms with E-state index in [0.29, 0.717) is 0 Å². The molecule has 36 heavy (non-hydrogen) atoms. The number of carbonyl (C=O) groups is 5. The lowest BCUT2D eigenvalue weighted by Gasteiger charge is -2.26. The summed E-state index contributed by atoms with van der Waals surface area (Å²) >= 11 is 0. The second kappa shape index (κ2) is 13.5. The van der Waals surface area contributed by atoms with Gasteiger partial charge in [-0.25, -0.2) is 9.59 Å². The first-order chi connectivity index (χ1) is 16.6. The van der Waals surface area contributed by atoms with Crippen molar-refractivity contribution >= 4 is 29.8 Å². The fraction of sp³-hybridized carbons (Fsp3) is 0.560. The zero-order valence-electron chi connectivity index (χ0n) is 21.7. The van der Waals surface area contributed by atoms with Crippen molar-refractivity contribution in [2.24, 2.45) is 5.73 Å². The van der Waals surface area contributed by atoms with Gasteiger partial charge < -0.3 is 30.6 Å². The molecule has 2 atom stereocenters. The Kier molecular flexibility index (Phi) is 11.4. The van der Waals surface area contributed by atoms with Crippen LogP contribution < -0.4 is 16.4 Å². The Hall–Kier alpha value is -3.63. The highest BCUT2D eigenvalue weighted by molar-refractivity contribution is 5.92. The molecular formula is C25H37N3O8. The molecule has 0 aliphatic carbocycles. The third-order valence-electron chi connectivity index (χ3n) is 4.29. The van der Waals surface area contributed by atoms with E-state index in [9.17, 15) is 24.0 Å². The van der Waals surface area contributed by atoms with Crippen LogP contribution in [0.4, 0.5) is 4.79 Å². The zero-order valence-corrected chi connectivity index (χ0v) is 21.7. The minimum atomic E-state index is -1.39. The van der Waals surface area contributed by atoms with Gasteiger partial charge in [0.2, 0.25) is 11.8 Å². The van der Waals surface area contributed by atoms with Gasteiger partial charge in [-0.3, -0.25) is 14.4 Å². The van der Waals surface area contributed by atoms with Crippen LogP contribution in [0.5, 0.6) is 0 Å². The van der Waals surface area contributed by atoms with Gasteiger partial charge >= 0.3 is 18.0 Å². The first-order valence-electron chi connectivity index (χ1n) is 11.6. The average Bonchev–Trinajstić information content (AvgIpc) is 2.72. The SMILES string of the molecule is CC(C)(C)OC(=O)CC[C@H](NC(=O)OCc1ccccc1)C(=O)N[C@@H](CC(N)=O)C(=O)OC(C)(C)C. The first kappa shape index (κ1) is 30.4. The highest BCUT2D eigenvalue weighted by atomic mass is 16.6. The van der Waals surface area contributed by atoms with Crippen molar-refractivity contribution < 1.29 is 38.2 Å². The van der Waals surface area contributed by atoms with Crippen LogP contribution in [0.3, 0.4) is 0 Å². The molecule has 4 N–H and O–H groups in total. The zero-order chi connectivity index (χ0) is 27.5. The molecule has 0 fully saturated rings. The number of esters is 2. The van der Waals surface area contributed by atoms with Crippen LogP contribution in [-0.4, -0.2) is 53.1 Å². The molecule has 0 heterocycles. The van der Waals surface area contributed by atoms with Crippen LogP contribution in [0.2, 0.25) is 0 Å². The highest BCUT2D eigenvalue weighted by Crippen LogP contribution is 2.12. The number of benzene rings is 1. The number of hydrogen-bond acceptors (Lipinski definition) is 8. The van der Waals surface area contributed by atoms with Gasteiger partial charge in [-0.1, -0.05) is 30.3 Å². The van der Waals surface area contributed by atoms with Crippen molar-refractivity contribution in [2.75, 3.05) is 0 Å². The molecule has 11 heteroatoms. The lowest BCUT2D eigenvalue weighted by Crippen LogP contribution is -2.53. The highest BCUT2D eigenvalue weighted by Gasteiger charge is 2.32. The van der Waals surface area contributed by atoms with Crippen molar-refractivity contribution in [1.29, 1.82) is 0 Å². The smallest absolute Gasteiger partial charge is 0.408 e.